The number of rotatable bonds is 9. The Bertz CT molecular complexity index is 1100. The van der Waals surface area contributed by atoms with Gasteiger partial charge < -0.3 is 19.9 Å². The summed E-state index contributed by atoms with van der Waals surface area (Å²) in [6.45, 7) is 0.717. The Morgan fingerprint density at radius 1 is 0.939 bits per heavy atom. The van der Waals surface area contributed by atoms with E-state index < -0.39 is 0 Å². The van der Waals surface area contributed by atoms with Gasteiger partial charge in [-0.2, -0.15) is 0 Å². The number of benzene rings is 3. The fraction of sp³-hybridized carbons (Fsp3) is 0.231. The van der Waals surface area contributed by atoms with Crippen LogP contribution in [0, 0.1) is 0 Å². The first kappa shape index (κ1) is 24.3. The second-order valence-electron chi connectivity index (χ2n) is 7.85. The quantitative estimate of drug-likeness (QED) is 0.491. The molecule has 0 aliphatic rings. The van der Waals surface area contributed by atoms with Gasteiger partial charge in [0.25, 0.3) is 5.91 Å². The van der Waals surface area contributed by atoms with E-state index in [2.05, 4.69) is 5.32 Å². The van der Waals surface area contributed by atoms with Crippen LogP contribution in [-0.4, -0.2) is 44.5 Å². The van der Waals surface area contributed by atoms with Crippen LogP contribution in [-0.2, 0) is 22.6 Å². The van der Waals surface area contributed by atoms with Gasteiger partial charge in [0.2, 0.25) is 5.91 Å². The van der Waals surface area contributed by atoms with Crippen molar-refractivity contribution in [2.45, 2.75) is 13.1 Å². The number of anilines is 2. The molecule has 3 aromatic carbocycles. The second kappa shape index (κ2) is 11.5. The van der Waals surface area contributed by atoms with Gasteiger partial charge >= 0.3 is 0 Å². The van der Waals surface area contributed by atoms with E-state index in [1.54, 1.807) is 29.2 Å². The van der Waals surface area contributed by atoms with Crippen molar-refractivity contribution in [2.75, 3.05) is 38.0 Å². The van der Waals surface area contributed by atoms with Crippen molar-refractivity contribution in [3.8, 4) is 0 Å². The lowest BCUT2D eigenvalue weighted by Gasteiger charge is -2.27. The van der Waals surface area contributed by atoms with E-state index in [1.807, 2.05) is 67.5 Å². The van der Waals surface area contributed by atoms with Crippen molar-refractivity contribution in [2.24, 2.45) is 0 Å². The van der Waals surface area contributed by atoms with Crippen LogP contribution in [0.2, 0.25) is 5.02 Å². The molecule has 6 nitrogen and oxygen atoms in total. The topological polar surface area (TPSA) is 61.9 Å². The Morgan fingerprint density at radius 3 is 2.30 bits per heavy atom. The molecule has 0 aliphatic heterocycles. The van der Waals surface area contributed by atoms with Crippen molar-refractivity contribution in [1.29, 1.82) is 0 Å². The van der Waals surface area contributed by atoms with Gasteiger partial charge in [-0.15, -0.1) is 0 Å². The number of carbonyl (C=O) groups is 2. The number of halogens is 1. The third-order valence-electron chi connectivity index (χ3n) is 5.09. The molecule has 3 aromatic rings. The predicted octanol–water partition coefficient (Wildman–Crippen LogP) is 4.83. The number of nitrogens with one attached hydrogen (secondary N) is 1. The highest BCUT2D eigenvalue weighted by atomic mass is 35.5. The Balaban J connectivity index is 1.97. The van der Waals surface area contributed by atoms with Gasteiger partial charge in [0.05, 0.1) is 10.6 Å². The van der Waals surface area contributed by atoms with E-state index in [-0.39, 0.29) is 18.4 Å². The summed E-state index contributed by atoms with van der Waals surface area (Å²) in [7, 11) is 5.36. The minimum absolute atomic E-state index is 0.0319. The Kier molecular flexibility index (Phi) is 8.46. The van der Waals surface area contributed by atoms with Gasteiger partial charge in [0.15, 0.2) is 0 Å². The molecule has 0 aromatic heterocycles. The van der Waals surface area contributed by atoms with Crippen LogP contribution in [0.4, 0.5) is 11.4 Å². The zero-order chi connectivity index (χ0) is 23.8. The smallest absolute Gasteiger partial charge is 0.255 e. The van der Waals surface area contributed by atoms with E-state index >= 15 is 0 Å². The molecule has 0 bridgehead atoms. The number of hydrogen-bond donors (Lipinski definition) is 1. The molecule has 0 saturated carbocycles. The fourth-order valence-electron chi connectivity index (χ4n) is 3.57. The first-order valence-corrected chi connectivity index (χ1v) is 10.9. The van der Waals surface area contributed by atoms with Crippen LogP contribution < -0.4 is 10.2 Å². The summed E-state index contributed by atoms with van der Waals surface area (Å²) in [5.41, 5.74) is 3.94. The zero-order valence-corrected chi connectivity index (χ0v) is 19.8. The predicted molar refractivity (Wildman–Crippen MR) is 133 cm³/mol. The summed E-state index contributed by atoms with van der Waals surface area (Å²) in [6.07, 6.45) is 0. The van der Waals surface area contributed by atoms with Gasteiger partial charge in [-0.25, -0.2) is 0 Å². The summed E-state index contributed by atoms with van der Waals surface area (Å²) in [6, 6.07) is 22.5. The maximum Gasteiger partial charge on any atom is 0.255 e. The van der Waals surface area contributed by atoms with Gasteiger partial charge in [-0.3, -0.25) is 9.59 Å². The van der Waals surface area contributed by atoms with Crippen molar-refractivity contribution in [3.63, 3.8) is 0 Å². The van der Waals surface area contributed by atoms with E-state index in [4.69, 9.17) is 16.3 Å². The molecule has 0 unspecified atom stereocenters. The number of hydrogen-bond acceptors (Lipinski definition) is 4. The van der Waals surface area contributed by atoms with E-state index in [9.17, 15) is 9.59 Å². The third kappa shape index (κ3) is 6.57. The van der Waals surface area contributed by atoms with Crippen LogP contribution in [0.15, 0.2) is 72.8 Å². The molecule has 0 radical (unpaired) electrons. The van der Waals surface area contributed by atoms with Gasteiger partial charge in [-0.05, 0) is 41.5 Å². The van der Waals surface area contributed by atoms with Crippen molar-refractivity contribution < 1.29 is 14.3 Å². The van der Waals surface area contributed by atoms with Gasteiger partial charge in [-0.1, -0.05) is 54.1 Å². The lowest BCUT2D eigenvalue weighted by atomic mass is 10.1. The molecule has 7 heteroatoms. The highest BCUT2D eigenvalue weighted by molar-refractivity contribution is 6.33. The summed E-state index contributed by atoms with van der Waals surface area (Å²) in [5, 5.41) is 3.25. The van der Waals surface area contributed by atoms with E-state index in [0.717, 1.165) is 16.8 Å². The maximum absolute atomic E-state index is 13.5. The molecule has 0 aliphatic carbocycles. The van der Waals surface area contributed by atoms with Gasteiger partial charge in [0.1, 0.15) is 6.61 Å². The second-order valence-corrected chi connectivity index (χ2v) is 8.25. The number of amides is 2. The molecule has 0 saturated heterocycles. The summed E-state index contributed by atoms with van der Waals surface area (Å²) >= 11 is 6.35. The Labute approximate surface area is 199 Å². The van der Waals surface area contributed by atoms with Crippen molar-refractivity contribution in [3.05, 3.63) is 94.5 Å². The van der Waals surface area contributed by atoms with Crippen LogP contribution in [0.1, 0.15) is 21.5 Å². The van der Waals surface area contributed by atoms with Crippen LogP contribution in [0.5, 0.6) is 0 Å². The molecule has 0 spiro atoms. The largest absolute Gasteiger partial charge is 0.377 e. The Morgan fingerprint density at radius 2 is 1.64 bits per heavy atom. The maximum atomic E-state index is 13.5. The van der Waals surface area contributed by atoms with Crippen LogP contribution in [0.3, 0.4) is 0 Å². The molecule has 1 N–H and O–H groups in total. The summed E-state index contributed by atoms with van der Waals surface area (Å²) < 4.78 is 4.90. The van der Waals surface area contributed by atoms with Crippen molar-refractivity contribution >= 4 is 34.8 Å². The average molecular weight is 466 g/mol. The van der Waals surface area contributed by atoms with Crippen LogP contribution >= 0.6 is 11.6 Å². The lowest BCUT2D eigenvalue weighted by Crippen LogP contribution is -2.31. The monoisotopic (exact) mass is 465 g/mol. The fourth-order valence-corrected chi connectivity index (χ4v) is 3.78. The van der Waals surface area contributed by atoms with E-state index in [0.29, 0.717) is 29.4 Å². The minimum atomic E-state index is -0.241. The number of ether oxygens (including phenoxy) is 1. The van der Waals surface area contributed by atoms with Gasteiger partial charge in [0, 0.05) is 45.7 Å². The molecule has 172 valence electrons. The molecular formula is C26H28ClN3O3. The molecule has 0 fully saturated rings. The standard InChI is InChI=1S/C26H28ClN3O3/c1-29(2)24-14-13-21(28-25(31)18-33-3)15-20(24)17-30(16-19-9-5-4-6-10-19)26(32)22-11-7-8-12-23(22)27/h4-15H,16-18H2,1-3H3,(H,28,31). The summed E-state index contributed by atoms with van der Waals surface area (Å²) in [5.74, 6) is -0.405. The SMILES string of the molecule is COCC(=O)Nc1ccc(N(C)C)c(CN(Cc2ccccc2)C(=O)c2ccccc2Cl)c1. The Hall–Kier alpha value is -3.35. The van der Waals surface area contributed by atoms with E-state index in [1.165, 1.54) is 7.11 Å². The first-order valence-electron chi connectivity index (χ1n) is 10.6. The molecule has 0 heterocycles. The molecule has 33 heavy (non-hydrogen) atoms. The highest BCUT2D eigenvalue weighted by Crippen LogP contribution is 2.27. The highest BCUT2D eigenvalue weighted by Gasteiger charge is 2.21. The van der Waals surface area contributed by atoms with Crippen LogP contribution in [0.25, 0.3) is 0 Å². The number of nitrogens with zero attached hydrogens (tertiary/aromatic N) is 2. The minimum Gasteiger partial charge on any atom is -0.377 e. The van der Waals surface area contributed by atoms with Crippen molar-refractivity contribution in [1.82, 2.24) is 4.90 Å². The normalized spacial score (nSPS) is 10.5. The third-order valence-corrected chi connectivity index (χ3v) is 5.42. The molecule has 0 atom stereocenters. The molecular weight excluding hydrogens is 438 g/mol. The lowest BCUT2D eigenvalue weighted by molar-refractivity contribution is -0.119. The number of methoxy groups -OCH3 is 1. The summed E-state index contributed by atoms with van der Waals surface area (Å²) in [4.78, 5) is 29.3. The molecule has 3 rings (SSSR count). The molecule has 2 amide bonds. The zero-order valence-electron chi connectivity index (χ0n) is 19.0. The number of carbonyl (C=O) groups excluding carboxylic acids is 2. The first-order chi connectivity index (χ1) is 15.9. The average Bonchev–Trinajstić information content (AvgIpc) is 2.79.